The second kappa shape index (κ2) is 10.2. The Morgan fingerprint density at radius 3 is 2.59 bits per heavy atom. The van der Waals surface area contributed by atoms with E-state index in [9.17, 15) is 14.0 Å². The van der Waals surface area contributed by atoms with Crippen LogP contribution in [0, 0.1) is 5.82 Å². The molecule has 0 aliphatic heterocycles. The highest BCUT2D eigenvalue weighted by Crippen LogP contribution is 2.28. The van der Waals surface area contributed by atoms with Gasteiger partial charge in [0.1, 0.15) is 5.82 Å². The minimum atomic E-state index is -0.697. The fraction of sp³-hybridized carbons (Fsp3) is 0.300. The lowest BCUT2D eigenvalue weighted by Crippen LogP contribution is -2.21. The molecule has 0 spiro atoms. The van der Waals surface area contributed by atoms with Crippen LogP contribution in [0.4, 0.5) is 10.1 Å². The molecule has 0 bridgehead atoms. The molecule has 0 atom stereocenters. The molecule has 0 aliphatic carbocycles. The van der Waals surface area contributed by atoms with Crippen molar-refractivity contribution in [3.63, 3.8) is 0 Å². The van der Waals surface area contributed by atoms with Gasteiger partial charge >= 0.3 is 5.97 Å². The molecule has 6 nitrogen and oxygen atoms in total. The molecule has 2 aromatic carbocycles. The Labute approximate surface area is 157 Å². The smallest absolute Gasteiger partial charge is 0.338 e. The first-order valence-electron chi connectivity index (χ1n) is 8.57. The first kappa shape index (κ1) is 20.2. The summed E-state index contributed by atoms with van der Waals surface area (Å²) in [5, 5.41) is 2.34. The Balaban J connectivity index is 1.93. The Kier molecular flexibility index (Phi) is 7.61. The summed E-state index contributed by atoms with van der Waals surface area (Å²) in [4.78, 5) is 24.0. The number of hydrogen-bond donors (Lipinski definition) is 1. The third-order valence-corrected chi connectivity index (χ3v) is 3.64. The average molecular weight is 375 g/mol. The quantitative estimate of drug-likeness (QED) is 0.533. The van der Waals surface area contributed by atoms with Gasteiger partial charge in [0.15, 0.2) is 18.1 Å². The molecule has 7 heteroatoms. The van der Waals surface area contributed by atoms with E-state index >= 15 is 0 Å². The molecule has 2 rings (SSSR count). The number of para-hydroxylation sites is 1. The van der Waals surface area contributed by atoms with E-state index < -0.39 is 24.3 Å². The van der Waals surface area contributed by atoms with Gasteiger partial charge in [0.05, 0.1) is 25.0 Å². The summed E-state index contributed by atoms with van der Waals surface area (Å²) in [5.41, 5.74) is 0.238. The van der Waals surface area contributed by atoms with E-state index in [0.717, 1.165) is 12.8 Å². The number of ether oxygens (including phenoxy) is 3. The van der Waals surface area contributed by atoms with Crippen LogP contribution in [0.25, 0.3) is 0 Å². The molecule has 0 aliphatic rings. The summed E-state index contributed by atoms with van der Waals surface area (Å²) < 4.78 is 29.3. The molecule has 0 saturated carbocycles. The lowest BCUT2D eigenvalue weighted by molar-refractivity contribution is -0.119. The van der Waals surface area contributed by atoms with Gasteiger partial charge in [-0.1, -0.05) is 25.5 Å². The van der Waals surface area contributed by atoms with Crippen LogP contribution < -0.4 is 14.8 Å². The number of anilines is 1. The number of methoxy groups -OCH3 is 1. The molecule has 0 fully saturated rings. The Morgan fingerprint density at radius 1 is 1.11 bits per heavy atom. The third kappa shape index (κ3) is 5.99. The van der Waals surface area contributed by atoms with Gasteiger partial charge in [-0.05, 0) is 36.8 Å². The summed E-state index contributed by atoms with van der Waals surface area (Å²) in [7, 11) is 1.47. The number of carbonyl (C=O) groups excluding carboxylic acids is 2. The van der Waals surface area contributed by atoms with Gasteiger partial charge in [0.25, 0.3) is 5.91 Å². The molecule has 0 heterocycles. The molecule has 1 amide bonds. The van der Waals surface area contributed by atoms with Gasteiger partial charge in [0, 0.05) is 0 Å². The highest BCUT2D eigenvalue weighted by atomic mass is 19.1. The van der Waals surface area contributed by atoms with Crippen LogP contribution in [-0.4, -0.2) is 32.2 Å². The number of hydrogen-bond acceptors (Lipinski definition) is 5. The van der Waals surface area contributed by atoms with Crippen molar-refractivity contribution in [3.05, 3.63) is 53.8 Å². The molecule has 0 aromatic heterocycles. The number of esters is 1. The SMILES string of the molecule is CCCCOc1ccc(C(=O)OCC(=O)Nc2ccccc2F)cc1OC. The predicted molar refractivity (Wildman–Crippen MR) is 98.7 cm³/mol. The monoisotopic (exact) mass is 375 g/mol. The van der Waals surface area contributed by atoms with Crippen LogP contribution in [0.2, 0.25) is 0 Å². The lowest BCUT2D eigenvalue weighted by Gasteiger charge is -2.12. The summed E-state index contributed by atoms with van der Waals surface area (Å²) in [6, 6.07) is 10.4. The van der Waals surface area contributed by atoms with Crippen molar-refractivity contribution in [1.82, 2.24) is 0 Å². The second-order valence-electron chi connectivity index (χ2n) is 5.67. The number of halogens is 1. The van der Waals surface area contributed by atoms with Gasteiger partial charge in [-0.2, -0.15) is 0 Å². The molecule has 144 valence electrons. The van der Waals surface area contributed by atoms with Crippen LogP contribution in [0.5, 0.6) is 11.5 Å². The largest absolute Gasteiger partial charge is 0.493 e. The van der Waals surface area contributed by atoms with Crippen LogP contribution in [0.15, 0.2) is 42.5 Å². The van der Waals surface area contributed by atoms with Crippen molar-refractivity contribution in [2.75, 3.05) is 25.6 Å². The number of unbranched alkanes of at least 4 members (excludes halogenated alkanes) is 1. The molecule has 0 unspecified atom stereocenters. The molecule has 0 radical (unpaired) electrons. The van der Waals surface area contributed by atoms with Crippen molar-refractivity contribution < 1.29 is 28.2 Å². The maximum absolute atomic E-state index is 13.5. The topological polar surface area (TPSA) is 73.9 Å². The van der Waals surface area contributed by atoms with Gasteiger partial charge in [0.2, 0.25) is 0 Å². The molecular formula is C20H22FNO5. The number of nitrogens with one attached hydrogen (secondary N) is 1. The number of carbonyl (C=O) groups is 2. The Hall–Kier alpha value is -3.09. The summed E-state index contributed by atoms with van der Waals surface area (Å²) >= 11 is 0. The van der Waals surface area contributed by atoms with Crippen molar-refractivity contribution in [1.29, 1.82) is 0 Å². The van der Waals surface area contributed by atoms with Gasteiger partial charge in [-0.25, -0.2) is 9.18 Å². The average Bonchev–Trinajstić information content (AvgIpc) is 2.68. The number of rotatable bonds is 9. The minimum absolute atomic E-state index is 0.0220. The van der Waals surface area contributed by atoms with Gasteiger partial charge in [-0.3, -0.25) is 4.79 Å². The van der Waals surface area contributed by atoms with E-state index in [1.807, 2.05) is 0 Å². The molecular weight excluding hydrogens is 353 g/mol. The lowest BCUT2D eigenvalue weighted by atomic mass is 10.2. The zero-order chi connectivity index (χ0) is 19.6. The minimum Gasteiger partial charge on any atom is -0.493 e. The third-order valence-electron chi connectivity index (χ3n) is 3.64. The highest BCUT2D eigenvalue weighted by molar-refractivity contribution is 5.95. The van der Waals surface area contributed by atoms with E-state index in [4.69, 9.17) is 14.2 Å². The standard InChI is InChI=1S/C20H22FNO5/c1-3-4-11-26-17-10-9-14(12-18(17)25-2)20(24)27-13-19(23)22-16-8-6-5-7-15(16)21/h5-10,12H,3-4,11,13H2,1-2H3,(H,22,23). The number of amides is 1. The van der Waals surface area contributed by atoms with Crippen molar-refractivity contribution in [2.24, 2.45) is 0 Å². The van der Waals surface area contributed by atoms with E-state index in [1.165, 1.54) is 37.4 Å². The van der Waals surface area contributed by atoms with Crippen LogP contribution >= 0.6 is 0 Å². The van der Waals surface area contributed by atoms with E-state index in [0.29, 0.717) is 18.1 Å². The van der Waals surface area contributed by atoms with Gasteiger partial charge < -0.3 is 19.5 Å². The molecule has 1 N–H and O–H groups in total. The first-order valence-corrected chi connectivity index (χ1v) is 8.57. The zero-order valence-corrected chi connectivity index (χ0v) is 15.3. The Bertz CT molecular complexity index is 794. The maximum atomic E-state index is 13.5. The van der Waals surface area contributed by atoms with E-state index in [2.05, 4.69) is 12.2 Å². The fourth-order valence-corrected chi connectivity index (χ4v) is 2.20. The van der Waals surface area contributed by atoms with Crippen molar-refractivity contribution in [2.45, 2.75) is 19.8 Å². The van der Waals surface area contributed by atoms with Gasteiger partial charge in [-0.15, -0.1) is 0 Å². The summed E-state index contributed by atoms with van der Waals surface area (Å²) in [6.07, 6.45) is 1.91. The molecule has 27 heavy (non-hydrogen) atoms. The molecule has 0 saturated heterocycles. The maximum Gasteiger partial charge on any atom is 0.338 e. The second-order valence-corrected chi connectivity index (χ2v) is 5.67. The van der Waals surface area contributed by atoms with Crippen LogP contribution in [-0.2, 0) is 9.53 Å². The van der Waals surface area contributed by atoms with E-state index in [-0.39, 0.29) is 11.3 Å². The predicted octanol–water partition coefficient (Wildman–Crippen LogP) is 3.81. The zero-order valence-electron chi connectivity index (χ0n) is 15.3. The Morgan fingerprint density at radius 2 is 1.89 bits per heavy atom. The highest BCUT2D eigenvalue weighted by Gasteiger charge is 2.14. The molecule has 2 aromatic rings. The summed E-state index contributed by atoms with van der Waals surface area (Å²) in [5.74, 6) is -0.978. The summed E-state index contributed by atoms with van der Waals surface area (Å²) in [6.45, 7) is 2.07. The van der Waals surface area contributed by atoms with Crippen molar-refractivity contribution in [3.8, 4) is 11.5 Å². The van der Waals surface area contributed by atoms with Crippen molar-refractivity contribution >= 4 is 17.6 Å². The van der Waals surface area contributed by atoms with Crippen LogP contribution in [0.3, 0.4) is 0 Å². The van der Waals surface area contributed by atoms with E-state index in [1.54, 1.807) is 12.1 Å². The fourth-order valence-electron chi connectivity index (χ4n) is 2.20. The van der Waals surface area contributed by atoms with Crippen LogP contribution in [0.1, 0.15) is 30.1 Å². The number of benzene rings is 2. The first-order chi connectivity index (χ1) is 13.0. The normalized spacial score (nSPS) is 10.2.